The van der Waals surface area contributed by atoms with E-state index in [2.05, 4.69) is 48.4 Å². The van der Waals surface area contributed by atoms with Crippen molar-refractivity contribution in [3.05, 3.63) is 52.0 Å². The van der Waals surface area contributed by atoms with E-state index in [0.29, 0.717) is 6.04 Å². The fourth-order valence-corrected chi connectivity index (χ4v) is 2.63. The van der Waals surface area contributed by atoms with Gasteiger partial charge in [-0.05, 0) is 19.0 Å². The first kappa shape index (κ1) is 12.3. The molecule has 2 nitrogen and oxygen atoms in total. The van der Waals surface area contributed by atoms with E-state index in [0.717, 1.165) is 13.0 Å². The van der Waals surface area contributed by atoms with Gasteiger partial charge in [-0.1, -0.05) is 36.8 Å². The molecule has 1 atom stereocenters. The Bertz CT molecular complexity index is 451. The number of hydrogen-bond donors (Lipinski definition) is 1. The number of likely N-dealkylation sites (N-methyl/N-ethyl adjacent to an activating group) is 1. The first-order valence-electron chi connectivity index (χ1n) is 5.97. The van der Waals surface area contributed by atoms with Gasteiger partial charge < -0.3 is 5.32 Å². The number of aromatic nitrogens is 1. The first-order valence-corrected chi connectivity index (χ1v) is 6.85. The second-order valence-electron chi connectivity index (χ2n) is 4.20. The molecule has 1 unspecified atom stereocenters. The Hall–Kier alpha value is -1.19. The molecule has 0 spiro atoms. The van der Waals surface area contributed by atoms with E-state index in [-0.39, 0.29) is 0 Å². The summed E-state index contributed by atoms with van der Waals surface area (Å²) in [5.41, 5.74) is 4.57. The van der Waals surface area contributed by atoms with Crippen LogP contribution in [0.3, 0.4) is 0 Å². The van der Waals surface area contributed by atoms with Crippen molar-refractivity contribution in [2.75, 3.05) is 6.54 Å². The molecule has 0 aliphatic heterocycles. The second kappa shape index (κ2) is 5.94. The number of nitrogens with one attached hydrogen (secondary N) is 1. The van der Waals surface area contributed by atoms with E-state index in [1.165, 1.54) is 16.0 Å². The summed E-state index contributed by atoms with van der Waals surface area (Å²) in [7, 11) is 0. The van der Waals surface area contributed by atoms with Crippen LogP contribution in [-0.4, -0.2) is 11.5 Å². The summed E-state index contributed by atoms with van der Waals surface area (Å²) >= 11 is 1.72. The summed E-state index contributed by atoms with van der Waals surface area (Å²) in [5, 5.41) is 3.54. The smallest absolute Gasteiger partial charge is 0.0794 e. The summed E-state index contributed by atoms with van der Waals surface area (Å²) in [6, 6.07) is 9.11. The monoisotopic (exact) mass is 246 g/mol. The average molecular weight is 246 g/mol. The lowest BCUT2D eigenvalue weighted by Gasteiger charge is -2.18. The zero-order chi connectivity index (χ0) is 12.1. The minimum atomic E-state index is 0.389. The van der Waals surface area contributed by atoms with Gasteiger partial charge in [-0.2, -0.15) is 0 Å². The van der Waals surface area contributed by atoms with Crippen LogP contribution in [0.5, 0.6) is 0 Å². The van der Waals surface area contributed by atoms with Crippen molar-refractivity contribution in [1.29, 1.82) is 0 Å². The quantitative estimate of drug-likeness (QED) is 0.875. The van der Waals surface area contributed by atoms with Crippen molar-refractivity contribution in [1.82, 2.24) is 10.3 Å². The van der Waals surface area contributed by atoms with Crippen LogP contribution in [0, 0.1) is 6.92 Å². The van der Waals surface area contributed by atoms with Crippen molar-refractivity contribution >= 4 is 11.3 Å². The average Bonchev–Trinajstić information content (AvgIpc) is 2.81. The third kappa shape index (κ3) is 3.38. The Morgan fingerprint density at radius 3 is 2.94 bits per heavy atom. The molecule has 1 aromatic heterocycles. The molecule has 2 aromatic rings. The molecule has 0 saturated heterocycles. The minimum Gasteiger partial charge on any atom is -0.310 e. The highest BCUT2D eigenvalue weighted by molar-refractivity contribution is 7.09. The molecule has 0 amide bonds. The van der Waals surface area contributed by atoms with Crippen LogP contribution in [0.15, 0.2) is 36.0 Å². The molecular formula is C14H18N2S. The summed E-state index contributed by atoms with van der Waals surface area (Å²) in [6.45, 7) is 5.27. The van der Waals surface area contributed by atoms with Gasteiger partial charge in [-0.3, -0.25) is 4.98 Å². The van der Waals surface area contributed by atoms with Gasteiger partial charge >= 0.3 is 0 Å². The first-order chi connectivity index (χ1) is 8.29. The van der Waals surface area contributed by atoms with Crippen molar-refractivity contribution in [2.45, 2.75) is 26.3 Å². The van der Waals surface area contributed by atoms with Crippen molar-refractivity contribution in [2.24, 2.45) is 0 Å². The Morgan fingerprint density at radius 2 is 2.29 bits per heavy atom. The largest absolute Gasteiger partial charge is 0.310 e. The van der Waals surface area contributed by atoms with Crippen LogP contribution in [0.4, 0.5) is 0 Å². The SMILES string of the molecule is CCNC(Cc1cncs1)c1cccc(C)c1. The predicted molar refractivity (Wildman–Crippen MR) is 73.4 cm³/mol. The third-order valence-corrected chi connectivity index (χ3v) is 3.59. The lowest BCUT2D eigenvalue weighted by molar-refractivity contribution is 0.552. The fourth-order valence-electron chi connectivity index (χ4n) is 1.99. The van der Waals surface area contributed by atoms with Crippen LogP contribution in [0.2, 0.25) is 0 Å². The second-order valence-corrected chi connectivity index (χ2v) is 5.17. The van der Waals surface area contributed by atoms with E-state index >= 15 is 0 Å². The summed E-state index contributed by atoms with van der Waals surface area (Å²) < 4.78 is 0. The van der Waals surface area contributed by atoms with Gasteiger partial charge in [-0.25, -0.2) is 0 Å². The van der Waals surface area contributed by atoms with E-state index in [1.807, 2.05) is 11.7 Å². The van der Waals surface area contributed by atoms with Gasteiger partial charge in [0.05, 0.1) is 5.51 Å². The molecule has 90 valence electrons. The van der Waals surface area contributed by atoms with Crippen LogP contribution < -0.4 is 5.32 Å². The Morgan fingerprint density at radius 1 is 1.41 bits per heavy atom. The van der Waals surface area contributed by atoms with Crippen LogP contribution >= 0.6 is 11.3 Å². The molecule has 1 N–H and O–H groups in total. The molecule has 2 rings (SSSR count). The van der Waals surface area contributed by atoms with E-state index in [1.54, 1.807) is 11.3 Å². The lowest BCUT2D eigenvalue weighted by Crippen LogP contribution is -2.22. The number of nitrogens with zero attached hydrogens (tertiary/aromatic N) is 1. The van der Waals surface area contributed by atoms with E-state index in [9.17, 15) is 0 Å². The highest BCUT2D eigenvalue weighted by Crippen LogP contribution is 2.21. The van der Waals surface area contributed by atoms with Gasteiger partial charge in [0.25, 0.3) is 0 Å². The van der Waals surface area contributed by atoms with Gasteiger partial charge in [0.15, 0.2) is 0 Å². The van der Waals surface area contributed by atoms with Crippen molar-refractivity contribution in [3.63, 3.8) is 0 Å². The Labute approximate surface area is 107 Å². The normalized spacial score (nSPS) is 12.6. The number of rotatable bonds is 5. The van der Waals surface area contributed by atoms with Crippen LogP contribution in [0.25, 0.3) is 0 Å². The highest BCUT2D eigenvalue weighted by atomic mass is 32.1. The van der Waals surface area contributed by atoms with Gasteiger partial charge in [0, 0.05) is 23.5 Å². The predicted octanol–water partition coefficient (Wildman–Crippen LogP) is 3.34. The fraction of sp³-hybridized carbons (Fsp3) is 0.357. The number of benzene rings is 1. The van der Waals surface area contributed by atoms with Crippen molar-refractivity contribution in [3.8, 4) is 0 Å². The minimum absolute atomic E-state index is 0.389. The topological polar surface area (TPSA) is 24.9 Å². The maximum Gasteiger partial charge on any atom is 0.0794 e. The molecule has 3 heteroatoms. The molecule has 0 fully saturated rings. The van der Waals surface area contributed by atoms with Crippen LogP contribution in [0.1, 0.15) is 29.0 Å². The molecule has 1 heterocycles. The number of aryl methyl sites for hydroxylation is 1. The summed E-state index contributed by atoms with van der Waals surface area (Å²) in [5.74, 6) is 0. The van der Waals surface area contributed by atoms with Gasteiger partial charge in [0.1, 0.15) is 0 Å². The molecule has 0 aliphatic carbocycles. The zero-order valence-corrected chi connectivity index (χ0v) is 11.1. The van der Waals surface area contributed by atoms with Gasteiger partial charge in [0.2, 0.25) is 0 Å². The highest BCUT2D eigenvalue weighted by Gasteiger charge is 2.11. The molecule has 0 radical (unpaired) electrons. The zero-order valence-electron chi connectivity index (χ0n) is 10.3. The van der Waals surface area contributed by atoms with E-state index < -0.39 is 0 Å². The molecule has 17 heavy (non-hydrogen) atoms. The summed E-state index contributed by atoms with van der Waals surface area (Å²) in [6.07, 6.45) is 2.98. The van der Waals surface area contributed by atoms with E-state index in [4.69, 9.17) is 0 Å². The molecule has 0 bridgehead atoms. The standard InChI is InChI=1S/C14H18N2S/c1-3-16-14(8-13-9-15-10-17-13)12-6-4-5-11(2)7-12/h4-7,9-10,14,16H,3,8H2,1-2H3. The van der Waals surface area contributed by atoms with Crippen LogP contribution in [-0.2, 0) is 6.42 Å². The number of thiazole rings is 1. The lowest BCUT2D eigenvalue weighted by atomic mass is 10.0. The Balaban J connectivity index is 2.16. The molecule has 0 saturated carbocycles. The maximum atomic E-state index is 4.14. The summed E-state index contributed by atoms with van der Waals surface area (Å²) in [4.78, 5) is 5.47. The maximum absolute atomic E-state index is 4.14. The number of hydrogen-bond acceptors (Lipinski definition) is 3. The Kier molecular flexibility index (Phi) is 4.29. The third-order valence-electron chi connectivity index (χ3n) is 2.78. The van der Waals surface area contributed by atoms with Gasteiger partial charge in [-0.15, -0.1) is 11.3 Å². The molecule has 1 aromatic carbocycles. The molecular weight excluding hydrogens is 228 g/mol. The van der Waals surface area contributed by atoms with Crippen molar-refractivity contribution < 1.29 is 0 Å². The molecule has 0 aliphatic rings.